The maximum atomic E-state index is 5.96. The van der Waals surface area contributed by atoms with Crippen LogP contribution in [0.4, 0.5) is 0 Å². The fourth-order valence-corrected chi connectivity index (χ4v) is 2.81. The molecule has 1 aromatic heterocycles. The molecule has 1 aromatic carbocycles. The number of H-pyrrole nitrogens is 1. The molecule has 1 unspecified atom stereocenters. The molecule has 0 bridgehead atoms. The van der Waals surface area contributed by atoms with Gasteiger partial charge in [0.15, 0.2) is 0 Å². The molecule has 1 N–H and O–H groups in total. The van der Waals surface area contributed by atoms with Crippen molar-refractivity contribution in [2.24, 2.45) is 0 Å². The topological polar surface area (TPSA) is 37.9 Å². The van der Waals surface area contributed by atoms with Crippen molar-refractivity contribution in [2.75, 3.05) is 6.61 Å². The Morgan fingerprint density at radius 3 is 2.75 bits per heavy atom. The number of nitrogens with zero attached hydrogens (tertiary/aromatic N) is 1. The van der Waals surface area contributed by atoms with Crippen molar-refractivity contribution in [2.45, 2.75) is 31.8 Å². The molecule has 1 fully saturated rings. The fourth-order valence-electron chi connectivity index (χ4n) is 2.60. The van der Waals surface area contributed by atoms with Gasteiger partial charge in [0.05, 0.1) is 0 Å². The van der Waals surface area contributed by atoms with Gasteiger partial charge in [-0.1, -0.05) is 42.5 Å². The smallest absolute Gasteiger partial charge is 0.140 e. The lowest BCUT2D eigenvalue weighted by molar-refractivity contribution is -0.0760. The van der Waals surface area contributed by atoms with Crippen LogP contribution in [0.15, 0.2) is 36.4 Å². The maximum Gasteiger partial charge on any atom is 0.140 e. The predicted octanol–water partition coefficient (Wildman–Crippen LogP) is 4.22. The highest BCUT2D eigenvalue weighted by molar-refractivity contribution is 7.71. The highest BCUT2D eigenvalue weighted by Crippen LogP contribution is 2.33. The quantitative estimate of drug-likeness (QED) is 0.840. The van der Waals surface area contributed by atoms with Gasteiger partial charge in [0.2, 0.25) is 0 Å². The summed E-state index contributed by atoms with van der Waals surface area (Å²) in [6.07, 6.45) is 3.26. The highest BCUT2D eigenvalue weighted by Gasteiger charge is 2.32. The number of rotatable bonds is 2. The monoisotopic (exact) mass is 286 g/mol. The van der Waals surface area contributed by atoms with E-state index in [1.807, 2.05) is 24.3 Å². The molecule has 4 heteroatoms. The summed E-state index contributed by atoms with van der Waals surface area (Å²) < 4.78 is 6.56. The van der Waals surface area contributed by atoms with Gasteiger partial charge in [0.1, 0.15) is 16.1 Å². The van der Waals surface area contributed by atoms with Crippen LogP contribution in [-0.4, -0.2) is 16.6 Å². The van der Waals surface area contributed by atoms with Gasteiger partial charge in [0.25, 0.3) is 0 Å². The Labute approximate surface area is 124 Å². The van der Waals surface area contributed by atoms with Crippen LogP contribution in [-0.2, 0) is 10.3 Å². The molecule has 0 spiro atoms. The van der Waals surface area contributed by atoms with Gasteiger partial charge < -0.3 is 9.72 Å². The zero-order valence-electron chi connectivity index (χ0n) is 11.6. The number of ether oxygens (including phenoxy) is 1. The van der Waals surface area contributed by atoms with Gasteiger partial charge in [-0.2, -0.15) is 0 Å². The molecule has 3 nitrogen and oxygen atoms in total. The molecule has 0 saturated carbocycles. The van der Waals surface area contributed by atoms with Crippen molar-refractivity contribution in [1.82, 2.24) is 9.97 Å². The third-order valence-electron chi connectivity index (χ3n) is 3.80. The SMILES string of the molecule is CC1(c2nc(=S)cc(-c3ccccc3)[nH]2)CCCCO1. The molecule has 2 heterocycles. The Kier molecular flexibility index (Phi) is 3.68. The summed E-state index contributed by atoms with van der Waals surface area (Å²) in [4.78, 5) is 7.90. The van der Waals surface area contributed by atoms with Crippen molar-refractivity contribution in [3.8, 4) is 11.3 Å². The van der Waals surface area contributed by atoms with Crippen LogP contribution < -0.4 is 0 Å². The van der Waals surface area contributed by atoms with Crippen LogP contribution in [0.25, 0.3) is 11.3 Å². The largest absolute Gasteiger partial charge is 0.367 e. The van der Waals surface area contributed by atoms with Crippen LogP contribution in [0.5, 0.6) is 0 Å². The fraction of sp³-hybridized carbons (Fsp3) is 0.375. The lowest BCUT2D eigenvalue weighted by Gasteiger charge is -2.33. The Bertz CT molecular complexity index is 645. The van der Waals surface area contributed by atoms with E-state index >= 15 is 0 Å². The molecule has 1 saturated heterocycles. The van der Waals surface area contributed by atoms with Crippen molar-refractivity contribution in [1.29, 1.82) is 0 Å². The summed E-state index contributed by atoms with van der Waals surface area (Å²) in [5.74, 6) is 0.837. The Morgan fingerprint density at radius 1 is 1.25 bits per heavy atom. The van der Waals surface area contributed by atoms with Crippen molar-refractivity contribution < 1.29 is 4.74 Å². The van der Waals surface area contributed by atoms with E-state index in [-0.39, 0.29) is 5.60 Å². The number of aromatic nitrogens is 2. The minimum absolute atomic E-state index is 0.351. The highest BCUT2D eigenvalue weighted by atomic mass is 32.1. The van der Waals surface area contributed by atoms with E-state index in [1.54, 1.807) is 0 Å². The van der Waals surface area contributed by atoms with E-state index in [0.717, 1.165) is 43.0 Å². The minimum atomic E-state index is -0.351. The van der Waals surface area contributed by atoms with Gasteiger partial charge in [-0.25, -0.2) is 4.98 Å². The van der Waals surface area contributed by atoms with Gasteiger partial charge >= 0.3 is 0 Å². The average Bonchev–Trinajstić information content (AvgIpc) is 2.48. The van der Waals surface area contributed by atoms with E-state index in [0.29, 0.717) is 4.64 Å². The standard InChI is InChI=1S/C16H18N2OS/c1-16(9-5-6-10-19-16)15-17-13(11-14(20)18-15)12-7-3-2-4-8-12/h2-4,7-8,11H,5-6,9-10H2,1H3,(H,17,18,20). The van der Waals surface area contributed by atoms with Crippen molar-refractivity contribution >= 4 is 12.2 Å². The molecule has 1 aliphatic rings. The third-order valence-corrected chi connectivity index (χ3v) is 4.01. The summed E-state index contributed by atoms with van der Waals surface area (Å²) in [5, 5.41) is 0. The molecule has 1 aliphatic heterocycles. The lowest BCUT2D eigenvalue weighted by Crippen LogP contribution is -2.32. The number of aromatic amines is 1. The van der Waals surface area contributed by atoms with Crippen molar-refractivity contribution in [3.05, 3.63) is 46.9 Å². The van der Waals surface area contributed by atoms with Crippen LogP contribution in [0, 0.1) is 4.64 Å². The summed E-state index contributed by atoms with van der Waals surface area (Å²) in [6, 6.07) is 12.1. The van der Waals surface area contributed by atoms with E-state index in [4.69, 9.17) is 17.0 Å². The van der Waals surface area contributed by atoms with Gasteiger partial charge in [0, 0.05) is 12.3 Å². The summed E-state index contributed by atoms with van der Waals surface area (Å²) in [7, 11) is 0. The molecule has 0 aliphatic carbocycles. The van der Waals surface area contributed by atoms with Gasteiger partial charge in [-0.3, -0.25) is 0 Å². The molecule has 20 heavy (non-hydrogen) atoms. The number of hydrogen-bond acceptors (Lipinski definition) is 3. The second kappa shape index (κ2) is 5.46. The van der Waals surface area contributed by atoms with E-state index in [2.05, 4.69) is 29.0 Å². The van der Waals surface area contributed by atoms with E-state index in [1.165, 1.54) is 0 Å². The number of hydrogen-bond donors (Lipinski definition) is 1. The molecule has 1 atom stereocenters. The average molecular weight is 286 g/mol. The maximum absolute atomic E-state index is 5.96. The zero-order chi connectivity index (χ0) is 14.0. The van der Waals surface area contributed by atoms with Crippen LogP contribution >= 0.6 is 12.2 Å². The van der Waals surface area contributed by atoms with Crippen LogP contribution in [0.2, 0.25) is 0 Å². The molecule has 2 aromatic rings. The van der Waals surface area contributed by atoms with Crippen LogP contribution in [0.1, 0.15) is 32.0 Å². The van der Waals surface area contributed by atoms with E-state index < -0.39 is 0 Å². The molecule has 104 valence electrons. The first-order valence-corrected chi connectivity index (χ1v) is 7.39. The molecular weight excluding hydrogens is 268 g/mol. The second-order valence-corrected chi connectivity index (χ2v) is 5.80. The minimum Gasteiger partial charge on any atom is -0.367 e. The number of benzene rings is 1. The zero-order valence-corrected chi connectivity index (χ0v) is 12.4. The van der Waals surface area contributed by atoms with Crippen molar-refractivity contribution in [3.63, 3.8) is 0 Å². The second-order valence-electron chi connectivity index (χ2n) is 5.38. The Morgan fingerprint density at radius 2 is 2.05 bits per heavy atom. The first-order chi connectivity index (χ1) is 9.67. The molecular formula is C16H18N2OS. The van der Waals surface area contributed by atoms with Gasteiger partial charge in [-0.15, -0.1) is 0 Å². The normalized spacial score (nSPS) is 22.6. The molecule has 0 radical (unpaired) electrons. The first-order valence-electron chi connectivity index (χ1n) is 6.99. The molecule has 0 amide bonds. The lowest BCUT2D eigenvalue weighted by atomic mass is 9.95. The van der Waals surface area contributed by atoms with Crippen LogP contribution in [0.3, 0.4) is 0 Å². The number of nitrogens with one attached hydrogen (secondary N) is 1. The summed E-state index contributed by atoms with van der Waals surface area (Å²) in [5.41, 5.74) is 1.76. The first kappa shape index (κ1) is 13.5. The summed E-state index contributed by atoms with van der Waals surface area (Å²) in [6.45, 7) is 2.88. The third kappa shape index (κ3) is 2.67. The Balaban J connectivity index is 2.05. The summed E-state index contributed by atoms with van der Waals surface area (Å²) >= 11 is 5.32. The van der Waals surface area contributed by atoms with Gasteiger partial charge in [-0.05, 0) is 37.8 Å². The predicted molar refractivity (Wildman–Crippen MR) is 82.0 cm³/mol. The Hall–Kier alpha value is -1.52. The van der Waals surface area contributed by atoms with E-state index in [9.17, 15) is 0 Å². The molecule has 3 rings (SSSR count).